The van der Waals surface area contributed by atoms with Crippen LogP contribution in [0.3, 0.4) is 0 Å². The Balaban J connectivity index is 1.68. The van der Waals surface area contributed by atoms with Crippen molar-refractivity contribution in [3.05, 3.63) is 70.9 Å². The Morgan fingerprint density at radius 1 is 1.07 bits per heavy atom. The second-order valence-corrected chi connectivity index (χ2v) is 7.83. The van der Waals surface area contributed by atoms with Crippen molar-refractivity contribution in [1.82, 2.24) is 14.8 Å². The Labute approximate surface area is 169 Å². The molecule has 1 saturated heterocycles. The van der Waals surface area contributed by atoms with Crippen LogP contribution in [-0.4, -0.2) is 65.0 Å². The Bertz CT molecular complexity index is 961. The summed E-state index contributed by atoms with van der Waals surface area (Å²) < 4.78 is 0. The minimum Gasteiger partial charge on any atom is -0.383 e. The van der Waals surface area contributed by atoms with Crippen molar-refractivity contribution in [2.75, 3.05) is 33.2 Å². The Morgan fingerprint density at radius 2 is 1.75 bits per heavy atom. The number of aromatic amines is 1. The number of aliphatic hydroxyl groups is 1. The number of rotatable bonds is 5. The Kier molecular flexibility index (Phi) is 5.51. The molecule has 0 aliphatic carbocycles. The third-order valence-corrected chi connectivity index (χ3v) is 5.82. The average Bonchev–Trinajstić information content (AvgIpc) is 3.14. The third-order valence-electron chi connectivity index (χ3n) is 5.57. The molecule has 0 saturated carbocycles. The number of ketones is 1. The fraction of sp³-hybridized carbons (Fsp3) is 0.318. The van der Waals surface area contributed by atoms with E-state index in [-0.39, 0.29) is 5.78 Å². The molecular formula is C22H24ClN3O2. The number of aliphatic hydroxyl groups excluding tert-OH is 1. The van der Waals surface area contributed by atoms with E-state index in [9.17, 15) is 9.90 Å². The number of piperazine rings is 1. The van der Waals surface area contributed by atoms with E-state index < -0.39 is 12.1 Å². The summed E-state index contributed by atoms with van der Waals surface area (Å²) in [7, 11) is 2.09. The van der Waals surface area contributed by atoms with Crippen LogP contribution in [-0.2, 0) is 0 Å². The number of likely N-dealkylation sites (N-methyl/N-ethyl adjacent to an activating group) is 1. The van der Waals surface area contributed by atoms with Crippen LogP contribution >= 0.6 is 11.6 Å². The molecule has 5 nitrogen and oxygen atoms in total. The van der Waals surface area contributed by atoms with Crippen molar-refractivity contribution in [1.29, 1.82) is 0 Å². The number of nitrogens with one attached hydrogen (secondary N) is 1. The maximum atomic E-state index is 13.3. The third kappa shape index (κ3) is 3.71. The van der Waals surface area contributed by atoms with E-state index in [4.69, 9.17) is 11.6 Å². The number of carbonyl (C=O) groups excluding carboxylic acids is 1. The average molecular weight is 398 g/mol. The summed E-state index contributed by atoms with van der Waals surface area (Å²) in [6.07, 6.45) is 0.530. The Morgan fingerprint density at radius 3 is 2.46 bits per heavy atom. The maximum Gasteiger partial charge on any atom is 0.195 e. The molecule has 2 N–H and O–H groups in total. The van der Waals surface area contributed by atoms with Crippen molar-refractivity contribution in [3.8, 4) is 0 Å². The zero-order valence-electron chi connectivity index (χ0n) is 15.8. The van der Waals surface area contributed by atoms with Crippen molar-refractivity contribution < 1.29 is 9.90 Å². The molecule has 1 aliphatic rings. The van der Waals surface area contributed by atoms with Crippen LogP contribution in [0.2, 0.25) is 5.02 Å². The van der Waals surface area contributed by atoms with Gasteiger partial charge >= 0.3 is 0 Å². The van der Waals surface area contributed by atoms with Crippen LogP contribution < -0.4 is 0 Å². The van der Waals surface area contributed by atoms with Crippen LogP contribution in [0, 0.1) is 0 Å². The zero-order valence-corrected chi connectivity index (χ0v) is 16.6. The molecule has 28 heavy (non-hydrogen) atoms. The molecule has 2 heterocycles. The van der Waals surface area contributed by atoms with Gasteiger partial charge in [-0.2, -0.15) is 0 Å². The number of fused-ring (bicyclic) bond motifs is 1. The summed E-state index contributed by atoms with van der Waals surface area (Å²) in [5.41, 5.74) is 2.31. The first kappa shape index (κ1) is 19.2. The summed E-state index contributed by atoms with van der Waals surface area (Å²) in [6, 6.07) is 14.7. The standard InChI is InChI=1S/C22H24ClN3O2/c1-25-10-12-26(13-11-25)20(15-6-8-16(23)9-7-15)22(28)21(27)18-14-24-19-5-3-2-4-17(18)19/h2-9,14,20,22,24,28H,10-13H2,1H3/t20-,22-/m1/s1. The smallest absolute Gasteiger partial charge is 0.195 e. The van der Waals surface area contributed by atoms with Crippen LogP contribution in [0.1, 0.15) is 22.0 Å². The van der Waals surface area contributed by atoms with E-state index >= 15 is 0 Å². The molecule has 6 heteroatoms. The van der Waals surface area contributed by atoms with Gasteiger partial charge in [0.2, 0.25) is 0 Å². The van der Waals surface area contributed by atoms with E-state index in [1.165, 1.54) is 0 Å². The quantitative estimate of drug-likeness (QED) is 0.648. The number of Topliss-reactive ketones (excluding diaryl/α,β-unsaturated/α-hetero) is 1. The van der Waals surface area contributed by atoms with Gasteiger partial charge in [0.1, 0.15) is 6.10 Å². The highest BCUT2D eigenvalue weighted by Crippen LogP contribution is 2.30. The largest absolute Gasteiger partial charge is 0.383 e. The van der Waals surface area contributed by atoms with Crippen LogP contribution in [0.5, 0.6) is 0 Å². The highest BCUT2D eigenvalue weighted by Gasteiger charge is 2.35. The maximum absolute atomic E-state index is 13.3. The summed E-state index contributed by atoms with van der Waals surface area (Å²) in [4.78, 5) is 20.8. The van der Waals surface area contributed by atoms with Crippen LogP contribution in [0.4, 0.5) is 0 Å². The van der Waals surface area contributed by atoms with Gasteiger partial charge < -0.3 is 15.0 Å². The van der Waals surface area contributed by atoms with Crippen molar-refractivity contribution >= 4 is 28.3 Å². The number of aromatic nitrogens is 1. The molecule has 1 aromatic heterocycles. The molecule has 2 atom stereocenters. The fourth-order valence-corrected chi connectivity index (χ4v) is 4.06. The lowest BCUT2D eigenvalue weighted by Crippen LogP contribution is -2.50. The number of halogens is 1. The van der Waals surface area contributed by atoms with Crippen molar-refractivity contribution in [2.24, 2.45) is 0 Å². The van der Waals surface area contributed by atoms with E-state index in [1.54, 1.807) is 6.20 Å². The van der Waals surface area contributed by atoms with Gasteiger partial charge in [0.25, 0.3) is 0 Å². The molecule has 0 radical (unpaired) electrons. The van der Waals surface area contributed by atoms with Gasteiger partial charge in [0.15, 0.2) is 5.78 Å². The number of benzene rings is 2. The normalized spacial score (nSPS) is 18.2. The molecule has 2 aromatic carbocycles. The second kappa shape index (κ2) is 8.05. The van der Waals surface area contributed by atoms with E-state index in [1.807, 2.05) is 48.5 Å². The summed E-state index contributed by atoms with van der Waals surface area (Å²) in [5, 5.41) is 12.7. The predicted molar refractivity (Wildman–Crippen MR) is 112 cm³/mol. The van der Waals surface area contributed by atoms with E-state index in [2.05, 4.69) is 21.8 Å². The molecular weight excluding hydrogens is 374 g/mol. The molecule has 4 rings (SSSR count). The lowest BCUT2D eigenvalue weighted by atomic mass is 9.93. The van der Waals surface area contributed by atoms with Gasteiger partial charge in [-0.05, 0) is 30.8 Å². The van der Waals surface area contributed by atoms with Gasteiger partial charge in [0, 0.05) is 53.9 Å². The Hall–Kier alpha value is -2.18. The SMILES string of the molecule is CN1CCN([C@H](c2ccc(Cl)cc2)[C@@H](O)C(=O)c2c[nH]c3ccccc23)CC1. The number of carbonyl (C=O) groups is 1. The van der Waals surface area contributed by atoms with Gasteiger partial charge in [-0.25, -0.2) is 0 Å². The molecule has 1 aliphatic heterocycles. The van der Waals surface area contributed by atoms with Gasteiger partial charge in [-0.15, -0.1) is 0 Å². The first-order valence-corrected chi connectivity index (χ1v) is 9.89. The minimum atomic E-state index is -1.16. The van der Waals surface area contributed by atoms with Crippen molar-refractivity contribution in [2.45, 2.75) is 12.1 Å². The highest BCUT2D eigenvalue weighted by molar-refractivity contribution is 6.30. The predicted octanol–water partition coefficient (Wildman–Crippen LogP) is 3.35. The van der Waals surface area contributed by atoms with Gasteiger partial charge in [0.05, 0.1) is 6.04 Å². The number of para-hydroxylation sites is 1. The minimum absolute atomic E-state index is 0.267. The summed E-state index contributed by atoms with van der Waals surface area (Å²) >= 11 is 6.06. The molecule has 3 aromatic rings. The molecule has 0 spiro atoms. The number of H-pyrrole nitrogens is 1. The lowest BCUT2D eigenvalue weighted by Gasteiger charge is -2.39. The first-order valence-electron chi connectivity index (χ1n) is 9.51. The molecule has 1 fully saturated rings. The molecule has 0 amide bonds. The van der Waals surface area contributed by atoms with E-state index in [0.29, 0.717) is 10.6 Å². The summed E-state index contributed by atoms with van der Waals surface area (Å²) in [6.45, 7) is 3.39. The topological polar surface area (TPSA) is 59.6 Å². The monoisotopic (exact) mass is 397 g/mol. The second-order valence-electron chi connectivity index (χ2n) is 7.39. The lowest BCUT2D eigenvalue weighted by molar-refractivity contribution is 0.0227. The fourth-order valence-electron chi connectivity index (χ4n) is 3.93. The molecule has 146 valence electrons. The molecule has 0 unspecified atom stereocenters. The van der Waals surface area contributed by atoms with Gasteiger partial charge in [-0.3, -0.25) is 9.69 Å². The van der Waals surface area contributed by atoms with E-state index in [0.717, 1.165) is 42.6 Å². The number of nitrogens with zero attached hydrogens (tertiary/aromatic N) is 2. The van der Waals surface area contributed by atoms with Crippen molar-refractivity contribution in [3.63, 3.8) is 0 Å². The van der Waals surface area contributed by atoms with Crippen LogP contribution in [0.15, 0.2) is 54.7 Å². The highest BCUT2D eigenvalue weighted by atomic mass is 35.5. The number of hydrogen-bond donors (Lipinski definition) is 2. The molecule has 0 bridgehead atoms. The van der Waals surface area contributed by atoms with Crippen LogP contribution in [0.25, 0.3) is 10.9 Å². The zero-order chi connectivity index (χ0) is 19.7. The summed E-state index contributed by atoms with van der Waals surface area (Å²) in [5.74, 6) is -0.267. The van der Waals surface area contributed by atoms with Gasteiger partial charge in [-0.1, -0.05) is 41.9 Å². The first-order chi connectivity index (χ1) is 13.5. The number of hydrogen-bond acceptors (Lipinski definition) is 4.